The second-order valence-electron chi connectivity index (χ2n) is 6.72. The van der Waals surface area contributed by atoms with Crippen LogP contribution in [-0.4, -0.2) is 51.7 Å². The Morgan fingerprint density at radius 3 is 2.42 bits per heavy atom. The molecule has 0 aliphatic carbocycles. The molecule has 1 amide bonds. The van der Waals surface area contributed by atoms with E-state index in [9.17, 15) is 26.4 Å². The van der Waals surface area contributed by atoms with Gasteiger partial charge in [-0.05, 0) is 36.4 Å². The number of hydrogen-bond acceptors (Lipinski definition) is 7. The van der Waals surface area contributed by atoms with Crippen molar-refractivity contribution in [3.63, 3.8) is 0 Å². The average Bonchev–Trinajstić information content (AvgIpc) is 3.35. The quantitative estimate of drug-likeness (QED) is 0.570. The van der Waals surface area contributed by atoms with Crippen LogP contribution in [0.3, 0.4) is 0 Å². The van der Waals surface area contributed by atoms with Crippen LogP contribution < -0.4 is 4.74 Å². The lowest BCUT2D eigenvalue weighted by Crippen LogP contribution is -2.26. The van der Waals surface area contributed by atoms with Gasteiger partial charge >= 0.3 is 6.61 Å². The number of fused-ring (bicyclic) bond motifs is 1. The Hall–Kier alpha value is -3.45. The number of alkyl halides is 2. The fraction of sp³-hybridized carbons (Fsp3) is 0.250. The molecule has 0 spiro atoms. The van der Waals surface area contributed by atoms with Crippen molar-refractivity contribution in [1.29, 1.82) is 0 Å². The first-order valence-corrected chi connectivity index (χ1v) is 11.0. The molecule has 0 saturated carbocycles. The van der Waals surface area contributed by atoms with Crippen LogP contribution in [-0.2, 0) is 27.9 Å². The number of rotatable bonds is 6. The average molecular weight is 484 g/mol. The summed E-state index contributed by atoms with van der Waals surface area (Å²) in [4.78, 5) is 16.6. The Balaban J connectivity index is 0.000000374. The Morgan fingerprint density at radius 2 is 1.91 bits per heavy atom. The number of halogens is 3. The number of aliphatic hydroxyl groups excluding tert-OH is 1. The van der Waals surface area contributed by atoms with Gasteiger partial charge in [-0.25, -0.2) is 4.39 Å². The highest BCUT2D eigenvalue weighted by atomic mass is 32.2. The standard InChI is InChI=1S/C15H15F2N3O5S.C5H4FN/c16-15(17)25-11-1-3-12(4-2-11)26(23,24)20-8-10-7-19(9-13(10)18-20)14(22)5-6-21;6-5-2-1-3-7-4-5/h1-4,8,15,21H,5-7,9H2;1-4H. The molecule has 0 bridgehead atoms. The van der Waals surface area contributed by atoms with E-state index in [1.807, 2.05) is 0 Å². The third-order valence-corrected chi connectivity index (χ3v) is 6.00. The summed E-state index contributed by atoms with van der Waals surface area (Å²) in [7, 11) is -3.99. The van der Waals surface area contributed by atoms with E-state index in [1.165, 1.54) is 29.6 Å². The van der Waals surface area contributed by atoms with Crippen molar-refractivity contribution < 1.29 is 36.2 Å². The van der Waals surface area contributed by atoms with Gasteiger partial charge < -0.3 is 14.7 Å². The number of aromatic nitrogens is 3. The van der Waals surface area contributed by atoms with Gasteiger partial charge in [0.05, 0.1) is 29.9 Å². The molecular weight excluding hydrogens is 465 g/mol. The predicted molar refractivity (Wildman–Crippen MR) is 108 cm³/mol. The van der Waals surface area contributed by atoms with E-state index < -0.39 is 16.6 Å². The van der Waals surface area contributed by atoms with Crippen molar-refractivity contribution in [3.05, 3.63) is 72.1 Å². The molecular formula is C20H19F3N4O5S. The highest BCUT2D eigenvalue weighted by molar-refractivity contribution is 7.89. The van der Waals surface area contributed by atoms with Crippen LogP contribution in [0.4, 0.5) is 13.2 Å². The molecule has 33 heavy (non-hydrogen) atoms. The zero-order valence-corrected chi connectivity index (χ0v) is 17.8. The number of aliphatic hydroxyl groups is 1. The summed E-state index contributed by atoms with van der Waals surface area (Å²) in [5, 5.41) is 12.8. The summed E-state index contributed by atoms with van der Waals surface area (Å²) in [6.07, 6.45) is 4.01. The van der Waals surface area contributed by atoms with Crippen LogP contribution in [0, 0.1) is 5.82 Å². The van der Waals surface area contributed by atoms with Crippen LogP contribution in [0.25, 0.3) is 0 Å². The summed E-state index contributed by atoms with van der Waals surface area (Å²) in [6, 6.07) is 7.47. The lowest BCUT2D eigenvalue weighted by Gasteiger charge is -2.14. The molecule has 0 unspecified atom stereocenters. The van der Waals surface area contributed by atoms with E-state index in [1.54, 1.807) is 6.07 Å². The number of nitrogens with zero attached hydrogens (tertiary/aromatic N) is 4. The molecule has 1 N–H and O–H groups in total. The van der Waals surface area contributed by atoms with Gasteiger partial charge in [0.25, 0.3) is 10.0 Å². The van der Waals surface area contributed by atoms with Crippen molar-refractivity contribution in [2.75, 3.05) is 6.61 Å². The normalized spacial score (nSPS) is 12.8. The van der Waals surface area contributed by atoms with E-state index >= 15 is 0 Å². The minimum absolute atomic E-state index is 0.00436. The first kappa shape index (κ1) is 24.2. The van der Waals surface area contributed by atoms with Gasteiger partial charge in [-0.3, -0.25) is 9.78 Å². The smallest absolute Gasteiger partial charge is 0.387 e. The van der Waals surface area contributed by atoms with Gasteiger partial charge in [0.15, 0.2) is 0 Å². The van der Waals surface area contributed by atoms with E-state index in [2.05, 4.69) is 14.8 Å². The minimum atomic E-state index is -3.99. The second kappa shape index (κ2) is 10.4. The number of hydrogen-bond donors (Lipinski definition) is 1. The number of ether oxygens (including phenoxy) is 1. The Morgan fingerprint density at radius 1 is 1.18 bits per heavy atom. The van der Waals surface area contributed by atoms with Crippen LogP contribution in [0.15, 0.2) is 59.9 Å². The Bertz CT molecular complexity index is 1160. The fourth-order valence-electron chi connectivity index (χ4n) is 2.92. The van der Waals surface area contributed by atoms with E-state index in [0.29, 0.717) is 11.3 Å². The van der Waals surface area contributed by atoms with Gasteiger partial charge in [0, 0.05) is 30.9 Å². The van der Waals surface area contributed by atoms with E-state index in [0.717, 1.165) is 28.4 Å². The van der Waals surface area contributed by atoms with Gasteiger partial charge in [0.2, 0.25) is 5.91 Å². The van der Waals surface area contributed by atoms with Gasteiger partial charge in [-0.15, -0.1) is 0 Å². The predicted octanol–water partition coefficient (Wildman–Crippen LogP) is 2.17. The van der Waals surface area contributed by atoms with Crippen molar-refractivity contribution in [2.45, 2.75) is 31.0 Å². The Labute approximate surface area is 187 Å². The first-order chi connectivity index (χ1) is 15.7. The number of benzene rings is 1. The number of carbonyl (C=O) groups is 1. The minimum Gasteiger partial charge on any atom is -0.435 e. The molecule has 176 valence electrons. The summed E-state index contributed by atoms with van der Waals surface area (Å²) in [5.74, 6) is -0.683. The highest BCUT2D eigenvalue weighted by Crippen LogP contribution is 2.25. The van der Waals surface area contributed by atoms with Crippen LogP contribution in [0.2, 0.25) is 0 Å². The third-order valence-electron chi connectivity index (χ3n) is 4.45. The molecule has 3 heterocycles. The lowest BCUT2D eigenvalue weighted by atomic mass is 10.3. The molecule has 2 aromatic heterocycles. The summed E-state index contributed by atoms with van der Waals surface area (Å²) < 4.78 is 66.3. The summed E-state index contributed by atoms with van der Waals surface area (Å²) in [6.45, 7) is -2.88. The maximum atomic E-state index is 12.6. The van der Waals surface area contributed by atoms with Gasteiger partial charge in [-0.2, -0.15) is 26.4 Å². The van der Waals surface area contributed by atoms with Crippen LogP contribution in [0.5, 0.6) is 5.75 Å². The molecule has 0 atom stereocenters. The molecule has 9 nitrogen and oxygen atoms in total. The van der Waals surface area contributed by atoms with Crippen molar-refractivity contribution in [3.8, 4) is 5.75 Å². The van der Waals surface area contributed by atoms with E-state index in [4.69, 9.17) is 5.11 Å². The highest BCUT2D eigenvalue weighted by Gasteiger charge is 2.29. The lowest BCUT2D eigenvalue weighted by molar-refractivity contribution is -0.132. The largest absolute Gasteiger partial charge is 0.435 e. The maximum Gasteiger partial charge on any atom is 0.387 e. The van der Waals surface area contributed by atoms with Crippen LogP contribution in [0.1, 0.15) is 17.7 Å². The summed E-state index contributed by atoms with van der Waals surface area (Å²) >= 11 is 0. The van der Waals surface area contributed by atoms with Crippen LogP contribution >= 0.6 is 0 Å². The van der Waals surface area contributed by atoms with Gasteiger partial charge in [-0.1, -0.05) is 0 Å². The van der Waals surface area contributed by atoms with E-state index in [-0.39, 0.29) is 48.5 Å². The topological polar surface area (TPSA) is 115 Å². The monoisotopic (exact) mass is 484 g/mol. The number of pyridine rings is 1. The molecule has 1 aliphatic heterocycles. The van der Waals surface area contributed by atoms with Crippen molar-refractivity contribution >= 4 is 15.9 Å². The molecule has 0 saturated heterocycles. The molecule has 0 radical (unpaired) electrons. The second-order valence-corrected chi connectivity index (χ2v) is 8.52. The Kier molecular flexibility index (Phi) is 7.66. The third kappa shape index (κ3) is 6.08. The van der Waals surface area contributed by atoms with Gasteiger partial charge in [0.1, 0.15) is 11.6 Å². The fourth-order valence-corrected chi connectivity index (χ4v) is 4.09. The van der Waals surface area contributed by atoms with Crippen molar-refractivity contribution in [2.24, 2.45) is 0 Å². The zero-order chi connectivity index (χ0) is 24.0. The molecule has 1 aromatic carbocycles. The maximum absolute atomic E-state index is 12.6. The molecule has 3 aromatic rings. The number of carbonyl (C=O) groups excluding carboxylic acids is 1. The summed E-state index contributed by atoms with van der Waals surface area (Å²) in [5.41, 5.74) is 1.05. The molecule has 4 rings (SSSR count). The molecule has 0 fully saturated rings. The van der Waals surface area contributed by atoms with Crippen molar-refractivity contribution in [1.82, 2.24) is 19.1 Å². The number of amides is 1. The molecule has 1 aliphatic rings. The molecule has 13 heteroatoms. The first-order valence-electron chi connectivity index (χ1n) is 9.52. The zero-order valence-electron chi connectivity index (χ0n) is 17.0. The SMILES string of the molecule is Fc1cccnc1.O=C(CCO)N1Cc2cn(S(=O)(=O)c3ccc(OC(F)F)cc3)nc2C1.